The van der Waals surface area contributed by atoms with Gasteiger partial charge >= 0.3 is 5.97 Å². The standard InChI is InChI=1S/C12H16N2O3/c1-7-6-8(10(13)15)4-5-9(7)14-12(2,3)11(16)17/h4-6,14H,1-3H3,(H2,13,15)(H,16,17). The van der Waals surface area contributed by atoms with E-state index in [1.807, 2.05) is 0 Å². The number of aliphatic carboxylic acids is 1. The molecule has 0 saturated heterocycles. The number of carbonyl (C=O) groups excluding carboxylic acids is 1. The van der Waals surface area contributed by atoms with Gasteiger partial charge in [-0.25, -0.2) is 4.79 Å². The fourth-order valence-electron chi connectivity index (χ4n) is 1.35. The summed E-state index contributed by atoms with van der Waals surface area (Å²) >= 11 is 0. The molecule has 0 saturated carbocycles. The number of carboxylic acid groups (broad SMARTS) is 1. The van der Waals surface area contributed by atoms with Crippen molar-refractivity contribution in [3.63, 3.8) is 0 Å². The molecule has 0 aromatic heterocycles. The summed E-state index contributed by atoms with van der Waals surface area (Å²) < 4.78 is 0. The molecule has 1 amide bonds. The van der Waals surface area contributed by atoms with Crippen LogP contribution in [0.2, 0.25) is 0 Å². The minimum absolute atomic E-state index is 0.404. The van der Waals surface area contributed by atoms with Crippen LogP contribution in [0.3, 0.4) is 0 Å². The van der Waals surface area contributed by atoms with E-state index in [1.165, 1.54) is 0 Å². The van der Waals surface area contributed by atoms with Gasteiger partial charge in [0, 0.05) is 11.3 Å². The van der Waals surface area contributed by atoms with Crippen LogP contribution in [0.4, 0.5) is 5.69 Å². The molecule has 0 unspecified atom stereocenters. The molecule has 5 nitrogen and oxygen atoms in total. The molecule has 0 spiro atoms. The Labute approximate surface area is 99.6 Å². The maximum Gasteiger partial charge on any atom is 0.328 e. The van der Waals surface area contributed by atoms with E-state index in [0.717, 1.165) is 5.56 Å². The van der Waals surface area contributed by atoms with Crippen LogP contribution in [0.25, 0.3) is 0 Å². The van der Waals surface area contributed by atoms with Crippen LogP contribution < -0.4 is 11.1 Å². The van der Waals surface area contributed by atoms with Gasteiger partial charge < -0.3 is 16.2 Å². The van der Waals surface area contributed by atoms with E-state index in [0.29, 0.717) is 11.3 Å². The van der Waals surface area contributed by atoms with E-state index in [9.17, 15) is 9.59 Å². The van der Waals surface area contributed by atoms with Gasteiger partial charge in [0.05, 0.1) is 0 Å². The number of amides is 1. The average molecular weight is 236 g/mol. The third-order valence-corrected chi connectivity index (χ3v) is 2.49. The van der Waals surface area contributed by atoms with Crippen LogP contribution in [-0.2, 0) is 4.79 Å². The second-order valence-corrected chi connectivity index (χ2v) is 4.45. The van der Waals surface area contributed by atoms with Crippen molar-refractivity contribution in [3.05, 3.63) is 29.3 Å². The topological polar surface area (TPSA) is 92.4 Å². The zero-order valence-corrected chi connectivity index (χ0v) is 10.1. The van der Waals surface area contributed by atoms with Crippen molar-refractivity contribution in [1.29, 1.82) is 0 Å². The van der Waals surface area contributed by atoms with Crippen LogP contribution in [-0.4, -0.2) is 22.5 Å². The Morgan fingerprint density at radius 3 is 2.35 bits per heavy atom. The lowest BCUT2D eigenvalue weighted by atomic mass is 10.0. The number of carboxylic acids is 1. The Morgan fingerprint density at radius 2 is 1.94 bits per heavy atom. The molecule has 0 heterocycles. The summed E-state index contributed by atoms with van der Waals surface area (Å²) in [5.41, 5.74) is 5.93. The Morgan fingerprint density at radius 1 is 1.35 bits per heavy atom. The number of carbonyl (C=O) groups is 2. The highest BCUT2D eigenvalue weighted by Gasteiger charge is 2.27. The van der Waals surface area contributed by atoms with Crippen LogP contribution >= 0.6 is 0 Å². The molecule has 0 aliphatic carbocycles. The van der Waals surface area contributed by atoms with Gasteiger partial charge in [0.15, 0.2) is 0 Å². The first-order valence-corrected chi connectivity index (χ1v) is 5.16. The van der Waals surface area contributed by atoms with Crippen LogP contribution in [0, 0.1) is 6.92 Å². The SMILES string of the molecule is Cc1cc(C(N)=O)ccc1NC(C)(C)C(=O)O. The van der Waals surface area contributed by atoms with Gasteiger partial charge in [-0.3, -0.25) is 4.79 Å². The van der Waals surface area contributed by atoms with Crippen molar-refractivity contribution < 1.29 is 14.7 Å². The number of benzene rings is 1. The van der Waals surface area contributed by atoms with Gasteiger partial charge in [-0.15, -0.1) is 0 Å². The summed E-state index contributed by atoms with van der Waals surface area (Å²) in [6.45, 7) is 4.92. The molecule has 1 aromatic rings. The van der Waals surface area contributed by atoms with E-state index in [4.69, 9.17) is 10.8 Å². The minimum atomic E-state index is -1.07. The summed E-state index contributed by atoms with van der Waals surface area (Å²) in [4.78, 5) is 21.9. The smallest absolute Gasteiger partial charge is 0.328 e. The predicted molar refractivity (Wildman–Crippen MR) is 65.0 cm³/mol. The molecular weight excluding hydrogens is 220 g/mol. The van der Waals surface area contributed by atoms with E-state index < -0.39 is 17.4 Å². The van der Waals surface area contributed by atoms with Crippen molar-refractivity contribution in [3.8, 4) is 0 Å². The van der Waals surface area contributed by atoms with Gasteiger partial charge in [0.1, 0.15) is 5.54 Å². The monoisotopic (exact) mass is 236 g/mol. The number of aryl methyl sites for hydroxylation is 1. The number of nitrogens with two attached hydrogens (primary N) is 1. The van der Waals surface area contributed by atoms with Crippen molar-refractivity contribution in [2.24, 2.45) is 5.73 Å². The number of anilines is 1. The van der Waals surface area contributed by atoms with Gasteiger partial charge in [-0.1, -0.05) is 0 Å². The first-order valence-electron chi connectivity index (χ1n) is 5.16. The summed E-state index contributed by atoms with van der Waals surface area (Å²) in [6.07, 6.45) is 0. The molecule has 0 atom stereocenters. The third-order valence-electron chi connectivity index (χ3n) is 2.49. The van der Waals surface area contributed by atoms with E-state index in [-0.39, 0.29) is 0 Å². The van der Waals surface area contributed by atoms with E-state index >= 15 is 0 Å². The highest BCUT2D eigenvalue weighted by Crippen LogP contribution is 2.20. The molecule has 0 aliphatic rings. The molecule has 0 bridgehead atoms. The number of nitrogens with one attached hydrogen (secondary N) is 1. The van der Waals surface area contributed by atoms with Crippen molar-refractivity contribution in [2.45, 2.75) is 26.3 Å². The maximum absolute atomic E-state index is 11.0. The second-order valence-electron chi connectivity index (χ2n) is 4.45. The fraction of sp³-hybridized carbons (Fsp3) is 0.333. The second kappa shape index (κ2) is 4.45. The lowest BCUT2D eigenvalue weighted by molar-refractivity contribution is -0.141. The molecule has 0 fully saturated rings. The molecule has 1 rings (SSSR count). The quantitative estimate of drug-likeness (QED) is 0.736. The number of hydrogen-bond acceptors (Lipinski definition) is 3. The minimum Gasteiger partial charge on any atom is -0.480 e. The first kappa shape index (κ1) is 13.0. The van der Waals surface area contributed by atoms with Crippen LogP contribution in [0.15, 0.2) is 18.2 Å². The lowest BCUT2D eigenvalue weighted by Gasteiger charge is -2.23. The summed E-state index contributed by atoms with van der Waals surface area (Å²) in [5.74, 6) is -1.45. The molecule has 5 heteroatoms. The lowest BCUT2D eigenvalue weighted by Crippen LogP contribution is -2.40. The van der Waals surface area contributed by atoms with Crippen LogP contribution in [0.1, 0.15) is 29.8 Å². The first-order chi connectivity index (χ1) is 7.74. The Kier molecular flexibility index (Phi) is 3.41. The molecule has 17 heavy (non-hydrogen) atoms. The van der Waals surface area contributed by atoms with E-state index in [2.05, 4.69) is 5.32 Å². The largest absolute Gasteiger partial charge is 0.480 e. The fourth-order valence-corrected chi connectivity index (χ4v) is 1.35. The van der Waals surface area contributed by atoms with Crippen molar-refractivity contribution in [1.82, 2.24) is 0 Å². The highest BCUT2D eigenvalue weighted by atomic mass is 16.4. The number of primary amides is 1. The normalized spacial score (nSPS) is 11.0. The van der Waals surface area contributed by atoms with Gasteiger partial charge in [0.25, 0.3) is 0 Å². The Hall–Kier alpha value is -2.04. The van der Waals surface area contributed by atoms with Gasteiger partial charge in [-0.2, -0.15) is 0 Å². The van der Waals surface area contributed by atoms with Gasteiger partial charge in [0.2, 0.25) is 5.91 Å². The zero-order valence-electron chi connectivity index (χ0n) is 10.1. The number of rotatable bonds is 4. The third kappa shape index (κ3) is 2.96. The maximum atomic E-state index is 11.0. The molecule has 92 valence electrons. The Bertz CT molecular complexity index is 467. The zero-order chi connectivity index (χ0) is 13.2. The van der Waals surface area contributed by atoms with Crippen LogP contribution in [0.5, 0.6) is 0 Å². The molecule has 1 aromatic carbocycles. The number of hydrogen-bond donors (Lipinski definition) is 3. The molecular formula is C12H16N2O3. The summed E-state index contributed by atoms with van der Waals surface area (Å²) in [6, 6.07) is 4.85. The van der Waals surface area contributed by atoms with Crippen molar-refractivity contribution >= 4 is 17.6 Å². The van der Waals surface area contributed by atoms with Crippen molar-refractivity contribution in [2.75, 3.05) is 5.32 Å². The van der Waals surface area contributed by atoms with E-state index in [1.54, 1.807) is 39.0 Å². The average Bonchev–Trinajstić information content (AvgIpc) is 2.20. The predicted octanol–water partition coefficient (Wildman–Crippen LogP) is 1.37. The summed E-state index contributed by atoms with van der Waals surface area (Å²) in [5, 5.41) is 11.9. The summed E-state index contributed by atoms with van der Waals surface area (Å²) in [7, 11) is 0. The van der Waals surface area contributed by atoms with Gasteiger partial charge in [-0.05, 0) is 44.5 Å². The molecule has 0 aliphatic heterocycles. The Balaban J connectivity index is 3.02. The highest BCUT2D eigenvalue weighted by molar-refractivity contribution is 5.93. The molecule has 0 radical (unpaired) electrons. The molecule has 4 N–H and O–H groups in total.